The van der Waals surface area contributed by atoms with Gasteiger partial charge in [0.15, 0.2) is 0 Å². The molecule has 3 nitrogen and oxygen atoms in total. The van der Waals surface area contributed by atoms with E-state index in [0.29, 0.717) is 12.5 Å². The predicted molar refractivity (Wildman–Crippen MR) is 62.5 cm³/mol. The maximum absolute atomic E-state index is 8.62. The van der Waals surface area contributed by atoms with E-state index in [9.17, 15) is 0 Å². The van der Waals surface area contributed by atoms with Gasteiger partial charge in [-0.05, 0) is 45.7 Å². The Hall–Kier alpha value is -0.590. The van der Waals surface area contributed by atoms with Crippen LogP contribution in [0.25, 0.3) is 0 Å². The molecule has 0 saturated carbocycles. The third-order valence-corrected chi connectivity index (χ3v) is 3.19. The third-order valence-electron chi connectivity index (χ3n) is 3.19. The molecule has 0 atom stereocenters. The first kappa shape index (κ1) is 12.5. The summed E-state index contributed by atoms with van der Waals surface area (Å²) >= 11 is 0. The van der Waals surface area contributed by atoms with Crippen LogP contribution in [0.5, 0.6) is 0 Å². The fourth-order valence-corrected chi connectivity index (χ4v) is 2.15. The zero-order valence-corrected chi connectivity index (χ0v) is 10.00. The summed E-state index contributed by atoms with van der Waals surface area (Å²) in [6.07, 6.45) is 3.23. The van der Waals surface area contributed by atoms with E-state index in [4.69, 9.17) is 5.26 Å². The average molecular weight is 209 g/mol. The first-order chi connectivity index (χ1) is 7.24. The second-order valence-corrected chi connectivity index (χ2v) is 4.69. The molecule has 1 aliphatic rings. The van der Waals surface area contributed by atoms with Crippen molar-refractivity contribution < 1.29 is 0 Å². The molecule has 1 aliphatic heterocycles. The normalized spacial score (nSPS) is 18.3. The molecule has 0 spiro atoms. The molecular weight excluding hydrogens is 186 g/mol. The molecule has 1 N–H and O–H groups in total. The second-order valence-electron chi connectivity index (χ2n) is 4.69. The van der Waals surface area contributed by atoms with E-state index >= 15 is 0 Å². The maximum Gasteiger partial charge on any atom is 0.0635 e. The zero-order chi connectivity index (χ0) is 11.1. The van der Waals surface area contributed by atoms with Crippen molar-refractivity contribution in [2.45, 2.75) is 39.2 Å². The van der Waals surface area contributed by atoms with Gasteiger partial charge in [-0.3, -0.25) is 4.90 Å². The van der Waals surface area contributed by atoms with Crippen molar-refractivity contribution in [2.75, 3.05) is 26.2 Å². The van der Waals surface area contributed by atoms with E-state index in [1.807, 2.05) is 0 Å². The molecule has 3 heteroatoms. The first-order valence-electron chi connectivity index (χ1n) is 6.05. The lowest BCUT2D eigenvalue weighted by molar-refractivity contribution is 0.172. The number of rotatable bonds is 5. The molecule has 0 aromatic rings. The number of hydrogen-bond acceptors (Lipinski definition) is 3. The number of nitrogens with one attached hydrogen (secondary N) is 1. The molecule has 0 aromatic heterocycles. The van der Waals surface area contributed by atoms with Gasteiger partial charge >= 0.3 is 0 Å². The van der Waals surface area contributed by atoms with Gasteiger partial charge in [-0.15, -0.1) is 0 Å². The van der Waals surface area contributed by atoms with Gasteiger partial charge < -0.3 is 5.32 Å². The molecule has 0 amide bonds. The molecule has 0 bridgehead atoms. The number of piperidine rings is 1. The molecular formula is C12H23N3. The molecule has 1 saturated heterocycles. The molecule has 1 fully saturated rings. The van der Waals surface area contributed by atoms with Crippen LogP contribution >= 0.6 is 0 Å². The van der Waals surface area contributed by atoms with Crippen LogP contribution in [0.1, 0.15) is 33.1 Å². The summed E-state index contributed by atoms with van der Waals surface area (Å²) in [6.45, 7) is 8.86. The fraction of sp³-hybridized carbons (Fsp3) is 0.917. The van der Waals surface area contributed by atoms with Gasteiger partial charge in [0.05, 0.1) is 6.07 Å². The molecule has 1 rings (SSSR count). The smallest absolute Gasteiger partial charge is 0.0635 e. The summed E-state index contributed by atoms with van der Waals surface area (Å²) in [6, 6.07) is 2.80. The van der Waals surface area contributed by atoms with Gasteiger partial charge in [0.2, 0.25) is 0 Å². The Morgan fingerprint density at radius 2 is 2.07 bits per heavy atom. The van der Waals surface area contributed by atoms with Crippen LogP contribution in [-0.4, -0.2) is 37.1 Å². The van der Waals surface area contributed by atoms with Crippen molar-refractivity contribution >= 4 is 0 Å². The Kier molecular flexibility index (Phi) is 5.67. The summed E-state index contributed by atoms with van der Waals surface area (Å²) in [7, 11) is 0. The highest BCUT2D eigenvalue weighted by molar-refractivity contribution is 4.78. The number of nitrogens with zero attached hydrogens (tertiary/aromatic N) is 2. The van der Waals surface area contributed by atoms with Gasteiger partial charge in [0.25, 0.3) is 0 Å². The van der Waals surface area contributed by atoms with E-state index < -0.39 is 0 Å². The van der Waals surface area contributed by atoms with Gasteiger partial charge in [0, 0.05) is 25.6 Å². The lowest BCUT2D eigenvalue weighted by Gasteiger charge is -2.32. The summed E-state index contributed by atoms with van der Waals surface area (Å²) < 4.78 is 0. The topological polar surface area (TPSA) is 39.1 Å². The van der Waals surface area contributed by atoms with Gasteiger partial charge in [-0.1, -0.05) is 0 Å². The Labute approximate surface area is 93.5 Å². The van der Waals surface area contributed by atoms with Crippen LogP contribution in [0.4, 0.5) is 0 Å². The SMILES string of the molecule is CC(C)N(CCC#N)CC1CCNCC1. The molecule has 0 aliphatic carbocycles. The van der Waals surface area contributed by atoms with E-state index in [0.717, 1.165) is 25.6 Å². The molecule has 1 heterocycles. The largest absolute Gasteiger partial charge is 0.317 e. The second kappa shape index (κ2) is 6.81. The Morgan fingerprint density at radius 1 is 1.40 bits per heavy atom. The van der Waals surface area contributed by atoms with E-state index in [2.05, 4.69) is 30.1 Å². The first-order valence-corrected chi connectivity index (χ1v) is 6.05. The highest BCUT2D eigenvalue weighted by Crippen LogP contribution is 2.15. The maximum atomic E-state index is 8.62. The molecule has 0 unspecified atom stereocenters. The van der Waals surface area contributed by atoms with Crippen LogP contribution in [0.3, 0.4) is 0 Å². The summed E-state index contributed by atoms with van der Waals surface area (Å²) in [5.41, 5.74) is 0. The van der Waals surface area contributed by atoms with E-state index in [-0.39, 0.29) is 0 Å². The standard InChI is InChI=1S/C12H23N3/c1-11(2)15(9-3-6-13)10-12-4-7-14-8-5-12/h11-12,14H,3-5,7-10H2,1-2H3. The monoisotopic (exact) mass is 209 g/mol. The summed E-state index contributed by atoms with van der Waals surface area (Å²) in [4.78, 5) is 2.44. The minimum Gasteiger partial charge on any atom is -0.317 e. The van der Waals surface area contributed by atoms with Crippen LogP contribution in [0.15, 0.2) is 0 Å². The number of hydrogen-bond donors (Lipinski definition) is 1. The summed E-state index contributed by atoms with van der Waals surface area (Å²) in [5.74, 6) is 0.826. The van der Waals surface area contributed by atoms with Crippen molar-refractivity contribution in [1.29, 1.82) is 5.26 Å². The molecule has 15 heavy (non-hydrogen) atoms. The molecule has 0 radical (unpaired) electrons. The van der Waals surface area contributed by atoms with Crippen LogP contribution < -0.4 is 5.32 Å². The van der Waals surface area contributed by atoms with E-state index in [1.165, 1.54) is 19.4 Å². The Morgan fingerprint density at radius 3 is 2.60 bits per heavy atom. The predicted octanol–water partition coefficient (Wildman–Crippen LogP) is 1.61. The lowest BCUT2D eigenvalue weighted by atomic mass is 9.97. The highest BCUT2D eigenvalue weighted by atomic mass is 15.1. The van der Waals surface area contributed by atoms with Crippen molar-refractivity contribution in [3.8, 4) is 6.07 Å². The summed E-state index contributed by atoms with van der Waals surface area (Å²) in [5, 5.41) is 12.0. The zero-order valence-electron chi connectivity index (χ0n) is 10.00. The minimum atomic E-state index is 0.563. The van der Waals surface area contributed by atoms with Crippen molar-refractivity contribution in [3.05, 3.63) is 0 Å². The van der Waals surface area contributed by atoms with Crippen LogP contribution in [0.2, 0.25) is 0 Å². The highest BCUT2D eigenvalue weighted by Gasteiger charge is 2.18. The van der Waals surface area contributed by atoms with Gasteiger partial charge in [0.1, 0.15) is 0 Å². The number of nitriles is 1. The lowest BCUT2D eigenvalue weighted by Crippen LogP contribution is -2.39. The molecule has 0 aromatic carbocycles. The minimum absolute atomic E-state index is 0.563. The molecule has 86 valence electrons. The van der Waals surface area contributed by atoms with Crippen LogP contribution in [0, 0.1) is 17.2 Å². The van der Waals surface area contributed by atoms with Crippen LogP contribution in [-0.2, 0) is 0 Å². The Balaban J connectivity index is 2.32. The Bertz CT molecular complexity index is 201. The quantitative estimate of drug-likeness (QED) is 0.747. The van der Waals surface area contributed by atoms with Crippen molar-refractivity contribution in [2.24, 2.45) is 5.92 Å². The van der Waals surface area contributed by atoms with Gasteiger partial charge in [-0.25, -0.2) is 0 Å². The van der Waals surface area contributed by atoms with Crippen molar-refractivity contribution in [3.63, 3.8) is 0 Å². The van der Waals surface area contributed by atoms with Gasteiger partial charge in [-0.2, -0.15) is 5.26 Å². The third kappa shape index (κ3) is 4.63. The van der Waals surface area contributed by atoms with Crippen molar-refractivity contribution in [1.82, 2.24) is 10.2 Å². The van der Waals surface area contributed by atoms with E-state index in [1.54, 1.807) is 0 Å². The average Bonchev–Trinajstić information content (AvgIpc) is 2.25. The fourth-order valence-electron chi connectivity index (χ4n) is 2.15.